The van der Waals surface area contributed by atoms with Crippen LogP contribution in [0.25, 0.3) is 28.6 Å². The number of aryl methyl sites for hydroxylation is 1. The Morgan fingerprint density at radius 3 is 2.46 bits per heavy atom. The predicted molar refractivity (Wildman–Crippen MR) is 104 cm³/mol. The first-order valence-electron chi connectivity index (χ1n) is 8.59. The molecule has 4 aromatic rings. The van der Waals surface area contributed by atoms with Crippen molar-refractivity contribution in [1.82, 2.24) is 9.55 Å². The van der Waals surface area contributed by atoms with Gasteiger partial charge in [0.15, 0.2) is 11.2 Å². The van der Waals surface area contributed by atoms with Crippen molar-refractivity contribution in [1.29, 1.82) is 0 Å². The van der Waals surface area contributed by atoms with Crippen LogP contribution in [-0.2, 0) is 16.9 Å². The first kappa shape index (κ1) is 16.7. The molecule has 0 unspecified atom stereocenters. The molecule has 0 aliphatic carbocycles. The number of hydrogen-bond donors (Lipinski definition) is 0. The lowest BCUT2D eigenvalue weighted by Gasteiger charge is -2.02. The summed E-state index contributed by atoms with van der Waals surface area (Å²) in [4.78, 5) is 16.6. The molecule has 2 aromatic carbocycles. The lowest BCUT2D eigenvalue weighted by molar-refractivity contribution is 0.104. The van der Waals surface area contributed by atoms with E-state index in [4.69, 9.17) is 4.42 Å². The molecule has 0 spiro atoms. The van der Waals surface area contributed by atoms with Gasteiger partial charge in [0.2, 0.25) is 21.5 Å². The van der Waals surface area contributed by atoms with E-state index in [-0.39, 0.29) is 21.3 Å². The topological polar surface area (TPSA) is 82.2 Å². The van der Waals surface area contributed by atoms with Gasteiger partial charge in [-0.15, -0.1) is 0 Å². The molecule has 1 aliphatic rings. The highest BCUT2D eigenvalue weighted by Gasteiger charge is 2.39. The highest BCUT2D eigenvalue weighted by Crippen LogP contribution is 2.35. The van der Waals surface area contributed by atoms with Crippen LogP contribution in [0.4, 0.5) is 0 Å². The molecule has 2 aromatic heterocycles. The number of ketones is 1. The van der Waals surface area contributed by atoms with Gasteiger partial charge in [-0.05, 0) is 17.7 Å². The third-order valence-corrected chi connectivity index (χ3v) is 6.67. The molecule has 0 saturated heterocycles. The molecule has 0 N–H and O–H groups in total. The van der Waals surface area contributed by atoms with E-state index in [2.05, 4.69) is 4.98 Å². The maximum Gasteiger partial charge on any atom is 0.222 e. The van der Waals surface area contributed by atoms with Crippen molar-refractivity contribution in [3.05, 3.63) is 77.0 Å². The van der Waals surface area contributed by atoms with Crippen molar-refractivity contribution in [3.8, 4) is 11.3 Å². The number of Topliss-reactive ketones (excluding diaryl/α,β-unsaturated/α-hetero) is 1. The molecule has 0 bridgehead atoms. The summed E-state index contributed by atoms with van der Waals surface area (Å²) >= 11 is 0. The summed E-state index contributed by atoms with van der Waals surface area (Å²) in [6.45, 7) is 0. The zero-order chi connectivity index (χ0) is 19.5. The number of carbonyl (C=O) groups excluding carboxylic acids is 1. The normalized spacial score (nSPS) is 16.8. The van der Waals surface area contributed by atoms with Gasteiger partial charge in [0.25, 0.3) is 0 Å². The monoisotopic (exact) mass is 390 g/mol. The number of hydrogen-bond acceptors (Lipinski definition) is 5. The van der Waals surface area contributed by atoms with Crippen molar-refractivity contribution in [3.63, 3.8) is 0 Å². The molecule has 0 amide bonds. The summed E-state index contributed by atoms with van der Waals surface area (Å²) in [6, 6.07) is 17.8. The second-order valence-electron chi connectivity index (χ2n) is 6.53. The molecule has 0 saturated carbocycles. The Kier molecular flexibility index (Phi) is 3.44. The van der Waals surface area contributed by atoms with Crippen LogP contribution in [-0.4, -0.2) is 23.8 Å². The number of aromatic nitrogens is 2. The fourth-order valence-corrected chi connectivity index (χ4v) is 5.03. The van der Waals surface area contributed by atoms with E-state index in [1.165, 1.54) is 18.2 Å². The standard InChI is InChI=1S/C21H14N2O4S/c1-23-15(13-7-3-2-4-8-13)11-16-21(23)22-19(27-16)12-18-20(24)14-9-5-6-10-17(14)28(18,25)26/h2-12H,1H3/b18-12+. The minimum absolute atomic E-state index is 0.0220. The van der Waals surface area contributed by atoms with Crippen molar-refractivity contribution in [2.75, 3.05) is 0 Å². The number of oxazole rings is 1. The first-order valence-corrected chi connectivity index (χ1v) is 10.1. The van der Waals surface area contributed by atoms with Crippen LogP contribution in [0, 0.1) is 0 Å². The summed E-state index contributed by atoms with van der Waals surface area (Å²) in [5.41, 5.74) is 3.22. The van der Waals surface area contributed by atoms with E-state index in [1.54, 1.807) is 12.1 Å². The minimum Gasteiger partial charge on any atom is -0.435 e. The third-order valence-electron chi connectivity index (χ3n) is 4.86. The largest absolute Gasteiger partial charge is 0.435 e. The summed E-state index contributed by atoms with van der Waals surface area (Å²) in [6.07, 6.45) is 1.21. The smallest absolute Gasteiger partial charge is 0.222 e. The Labute approximate surface area is 160 Å². The SMILES string of the molecule is Cn1c(-c2ccccc2)cc2oc(/C=C3\C(=O)c4ccccc4S3(=O)=O)nc21. The minimum atomic E-state index is -3.87. The van der Waals surface area contributed by atoms with Crippen LogP contribution in [0.15, 0.2) is 74.9 Å². The zero-order valence-corrected chi connectivity index (χ0v) is 15.6. The second kappa shape index (κ2) is 5.77. The van der Waals surface area contributed by atoms with E-state index < -0.39 is 15.6 Å². The van der Waals surface area contributed by atoms with Gasteiger partial charge in [-0.2, -0.15) is 4.98 Å². The molecular weight excluding hydrogens is 376 g/mol. The van der Waals surface area contributed by atoms with Crippen molar-refractivity contribution in [2.24, 2.45) is 7.05 Å². The number of allylic oxidation sites excluding steroid dienone is 1. The van der Waals surface area contributed by atoms with Gasteiger partial charge >= 0.3 is 0 Å². The van der Waals surface area contributed by atoms with E-state index in [0.717, 1.165) is 11.3 Å². The van der Waals surface area contributed by atoms with Crippen molar-refractivity contribution in [2.45, 2.75) is 4.90 Å². The van der Waals surface area contributed by atoms with E-state index in [9.17, 15) is 13.2 Å². The summed E-state index contributed by atoms with van der Waals surface area (Å²) in [7, 11) is -2.01. The van der Waals surface area contributed by atoms with Gasteiger partial charge in [-0.1, -0.05) is 42.5 Å². The van der Waals surface area contributed by atoms with Crippen LogP contribution < -0.4 is 0 Å². The molecule has 6 nitrogen and oxygen atoms in total. The predicted octanol–water partition coefficient (Wildman–Crippen LogP) is 3.84. The number of benzene rings is 2. The average molecular weight is 390 g/mol. The number of carbonyl (C=O) groups is 1. The molecule has 0 fully saturated rings. The van der Waals surface area contributed by atoms with Gasteiger partial charge in [-0.25, -0.2) is 8.42 Å². The molecule has 138 valence electrons. The molecule has 3 heterocycles. The molecule has 1 aliphatic heterocycles. The fraction of sp³-hybridized carbons (Fsp3) is 0.0476. The average Bonchev–Trinajstić information content (AvgIpc) is 3.30. The van der Waals surface area contributed by atoms with Crippen LogP contribution in [0.2, 0.25) is 0 Å². The number of sulfone groups is 1. The molecule has 7 heteroatoms. The highest BCUT2D eigenvalue weighted by molar-refractivity contribution is 7.97. The Morgan fingerprint density at radius 2 is 1.75 bits per heavy atom. The Balaban J connectivity index is 1.61. The summed E-state index contributed by atoms with van der Waals surface area (Å²) in [5.74, 6) is -0.456. The molecule has 0 atom stereocenters. The lowest BCUT2D eigenvalue weighted by atomic mass is 10.1. The van der Waals surface area contributed by atoms with Gasteiger partial charge in [0.1, 0.15) is 4.91 Å². The van der Waals surface area contributed by atoms with Gasteiger partial charge in [-0.3, -0.25) is 4.79 Å². The maximum absolute atomic E-state index is 12.7. The Bertz CT molecular complexity index is 1390. The van der Waals surface area contributed by atoms with E-state index in [1.807, 2.05) is 48.0 Å². The zero-order valence-electron chi connectivity index (χ0n) is 14.8. The molecular formula is C21H14N2O4S. The second-order valence-corrected chi connectivity index (χ2v) is 8.42. The summed E-state index contributed by atoms with van der Waals surface area (Å²) in [5, 5.41) is 0. The number of nitrogens with zero attached hydrogens (tertiary/aromatic N) is 2. The van der Waals surface area contributed by atoms with Gasteiger partial charge in [0.05, 0.1) is 10.6 Å². The lowest BCUT2D eigenvalue weighted by Crippen LogP contribution is -2.02. The number of rotatable bonds is 2. The third kappa shape index (κ3) is 2.30. The van der Waals surface area contributed by atoms with Crippen molar-refractivity contribution >= 4 is 32.9 Å². The van der Waals surface area contributed by atoms with Gasteiger partial charge in [0, 0.05) is 24.8 Å². The quantitative estimate of drug-likeness (QED) is 0.486. The molecule has 28 heavy (non-hydrogen) atoms. The first-order chi connectivity index (χ1) is 13.5. The van der Waals surface area contributed by atoms with Crippen molar-refractivity contribution < 1.29 is 17.6 Å². The number of fused-ring (bicyclic) bond motifs is 2. The van der Waals surface area contributed by atoms with Crippen LogP contribution in [0.5, 0.6) is 0 Å². The molecule has 0 radical (unpaired) electrons. The maximum atomic E-state index is 12.7. The van der Waals surface area contributed by atoms with Crippen LogP contribution >= 0.6 is 0 Å². The van der Waals surface area contributed by atoms with Crippen LogP contribution in [0.1, 0.15) is 16.2 Å². The van der Waals surface area contributed by atoms with E-state index in [0.29, 0.717) is 11.2 Å². The van der Waals surface area contributed by atoms with E-state index >= 15 is 0 Å². The summed E-state index contributed by atoms with van der Waals surface area (Å²) < 4.78 is 33.0. The van der Waals surface area contributed by atoms with Gasteiger partial charge < -0.3 is 8.98 Å². The fourth-order valence-electron chi connectivity index (χ4n) is 3.47. The highest BCUT2D eigenvalue weighted by atomic mass is 32.2. The molecule has 5 rings (SSSR count). The van der Waals surface area contributed by atoms with Crippen LogP contribution in [0.3, 0.4) is 0 Å². The Morgan fingerprint density at radius 1 is 1.04 bits per heavy atom. The Hall–Kier alpha value is -3.45.